The number of carbonyl (C=O) groups is 1. The minimum absolute atomic E-state index is 0.0487. The van der Waals surface area contributed by atoms with E-state index in [0.717, 1.165) is 18.2 Å². The minimum atomic E-state index is -3.52. The van der Waals surface area contributed by atoms with Crippen LogP contribution in [0, 0.1) is 0 Å². The van der Waals surface area contributed by atoms with E-state index >= 15 is 0 Å². The van der Waals surface area contributed by atoms with Crippen LogP contribution in [-0.2, 0) is 14.8 Å². The highest BCUT2D eigenvalue weighted by atomic mass is 32.2. The van der Waals surface area contributed by atoms with Gasteiger partial charge in [0.15, 0.2) is 6.10 Å². The molecule has 0 saturated carbocycles. The number of rotatable bonds is 5. The lowest BCUT2D eigenvalue weighted by molar-refractivity contribution is -0.128. The molecule has 0 spiro atoms. The lowest BCUT2D eigenvalue weighted by Gasteiger charge is -2.34. The topological polar surface area (TPSA) is 75.7 Å². The van der Waals surface area contributed by atoms with Crippen molar-refractivity contribution in [1.82, 2.24) is 5.32 Å². The van der Waals surface area contributed by atoms with Crippen LogP contribution in [0.1, 0.15) is 24.9 Å². The molecule has 0 bridgehead atoms. The molecule has 7 heteroatoms. The number of ether oxygens (including phenoxy) is 1. The van der Waals surface area contributed by atoms with Crippen LogP contribution in [0.4, 0.5) is 5.69 Å². The zero-order valence-electron chi connectivity index (χ0n) is 14.8. The normalized spacial score (nSPS) is 17.8. The first-order valence-electron chi connectivity index (χ1n) is 8.49. The monoisotopic (exact) mass is 374 g/mol. The van der Waals surface area contributed by atoms with Crippen LogP contribution in [0.3, 0.4) is 0 Å². The number of carbonyl (C=O) groups excluding carboxylic acids is 1. The molecule has 2 atom stereocenters. The summed E-state index contributed by atoms with van der Waals surface area (Å²) in [5.41, 5.74) is 1.45. The summed E-state index contributed by atoms with van der Waals surface area (Å²) in [7, 11) is -3.52. The Morgan fingerprint density at radius 2 is 1.85 bits per heavy atom. The van der Waals surface area contributed by atoms with Crippen molar-refractivity contribution in [2.45, 2.75) is 25.5 Å². The summed E-state index contributed by atoms with van der Waals surface area (Å²) in [4.78, 5) is 12.8. The van der Waals surface area contributed by atoms with E-state index in [1.807, 2.05) is 37.3 Å². The fourth-order valence-corrected chi connectivity index (χ4v) is 3.94. The lowest BCUT2D eigenvalue weighted by atomic mass is 10.0. The van der Waals surface area contributed by atoms with Gasteiger partial charge in [-0.3, -0.25) is 9.10 Å². The molecular weight excluding hydrogens is 352 g/mol. The number of anilines is 1. The van der Waals surface area contributed by atoms with E-state index in [1.165, 1.54) is 4.31 Å². The summed E-state index contributed by atoms with van der Waals surface area (Å²) in [5.74, 6) is 0.0564. The van der Waals surface area contributed by atoms with Crippen LogP contribution in [0.25, 0.3) is 0 Å². The molecule has 6 nitrogen and oxygen atoms in total. The Kier molecular flexibility index (Phi) is 5.18. The molecule has 3 rings (SSSR count). The third kappa shape index (κ3) is 3.83. The number of amides is 1. The highest BCUT2D eigenvalue weighted by molar-refractivity contribution is 7.92. The molecule has 0 radical (unpaired) electrons. The van der Waals surface area contributed by atoms with Crippen molar-refractivity contribution in [3.05, 3.63) is 60.2 Å². The average molecular weight is 374 g/mol. The summed E-state index contributed by atoms with van der Waals surface area (Å²) in [5, 5.41) is 2.97. The molecule has 0 aliphatic carbocycles. The van der Waals surface area contributed by atoms with E-state index in [1.54, 1.807) is 24.3 Å². The number of benzene rings is 2. The van der Waals surface area contributed by atoms with Crippen molar-refractivity contribution >= 4 is 21.6 Å². The van der Waals surface area contributed by atoms with Crippen molar-refractivity contribution in [3.63, 3.8) is 0 Å². The van der Waals surface area contributed by atoms with Crippen molar-refractivity contribution in [1.29, 1.82) is 0 Å². The summed E-state index contributed by atoms with van der Waals surface area (Å²) >= 11 is 0. The molecule has 1 aliphatic heterocycles. The van der Waals surface area contributed by atoms with Crippen molar-refractivity contribution in [2.75, 3.05) is 17.1 Å². The van der Waals surface area contributed by atoms with Crippen LogP contribution in [0.2, 0.25) is 0 Å². The first-order valence-corrected chi connectivity index (χ1v) is 10.3. The maximum absolute atomic E-state index is 12.8. The van der Waals surface area contributed by atoms with Gasteiger partial charge in [-0.15, -0.1) is 0 Å². The highest BCUT2D eigenvalue weighted by Crippen LogP contribution is 2.34. The Morgan fingerprint density at radius 1 is 1.19 bits per heavy atom. The summed E-state index contributed by atoms with van der Waals surface area (Å²) < 4.78 is 31.3. The smallest absolute Gasteiger partial charge is 0.263 e. The van der Waals surface area contributed by atoms with Gasteiger partial charge in [-0.2, -0.15) is 0 Å². The minimum Gasteiger partial charge on any atom is -0.476 e. The predicted molar refractivity (Wildman–Crippen MR) is 101 cm³/mol. The zero-order valence-corrected chi connectivity index (χ0v) is 15.6. The third-order valence-corrected chi connectivity index (χ3v) is 5.50. The number of nitrogens with one attached hydrogen (secondary N) is 1. The second-order valence-corrected chi connectivity index (χ2v) is 8.16. The standard InChI is InChI=1S/C19H22N2O4S/c1-3-15(14-9-5-4-6-10-14)20-19(22)18-13-21(26(2,23)24)16-11-7-8-12-17(16)25-18/h4-12,15,18H,3,13H2,1-2H3,(H,20,22)/t15-,18-/m0/s1. The van der Waals surface area contributed by atoms with Gasteiger partial charge in [0.1, 0.15) is 5.75 Å². The van der Waals surface area contributed by atoms with Gasteiger partial charge >= 0.3 is 0 Å². The van der Waals surface area contributed by atoms with Gasteiger partial charge in [0.05, 0.1) is 24.5 Å². The van der Waals surface area contributed by atoms with Crippen molar-refractivity contribution in [3.8, 4) is 5.75 Å². The molecule has 1 aliphatic rings. The fourth-order valence-electron chi connectivity index (χ4n) is 3.02. The quantitative estimate of drug-likeness (QED) is 0.872. The van der Waals surface area contributed by atoms with Gasteiger partial charge in [-0.25, -0.2) is 8.42 Å². The number of fused-ring (bicyclic) bond motifs is 1. The zero-order chi connectivity index (χ0) is 18.7. The van der Waals surface area contributed by atoms with Gasteiger partial charge in [0.2, 0.25) is 10.0 Å². The van der Waals surface area contributed by atoms with E-state index in [4.69, 9.17) is 4.74 Å². The maximum Gasteiger partial charge on any atom is 0.263 e. The molecule has 2 aromatic rings. The summed E-state index contributed by atoms with van der Waals surface area (Å²) in [6, 6.07) is 16.3. The largest absolute Gasteiger partial charge is 0.476 e. The molecule has 0 aromatic heterocycles. The van der Waals surface area contributed by atoms with Gasteiger partial charge in [0.25, 0.3) is 5.91 Å². The summed E-state index contributed by atoms with van der Waals surface area (Å²) in [6.45, 7) is 1.94. The number of hydrogen-bond donors (Lipinski definition) is 1. The van der Waals surface area contributed by atoms with Crippen molar-refractivity contribution < 1.29 is 17.9 Å². The van der Waals surface area contributed by atoms with E-state index in [0.29, 0.717) is 11.4 Å². The number of hydrogen-bond acceptors (Lipinski definition) is 4. The first kappa shape index (κ1) is 18.3. The van der Waals surface area contributed by atoms with E-state index in [2.05, 4.69) is 5.32 Å². The van der Waals surface area contributed by atoms with E-state index in [-0.39, 0.29) is 18.5 Å². The second-order valence-electron chi connectivity index (χ2n) is 6.25. The molecule has 2 aromatic carbocycles. The van der Waals surface area contributed by atoms with Crippen LogP contribution >= 0.6 is 0 Å². The van der Waals surface area contributed by atoms with E-state index < -0.39 is 16.1 Å². The molecule has 0 fully saturated rings. The summed E-state index contributed by atoms with van der Waals surface area (Å²) in [6.07, 6.45) is 0.940. The second kappa shape index (κ2) is 7.37. The van der Waals surface area contributed by atoms with Gasteiger partial charge in [-0.05, 0) is 24.1 Å². The van der Waals surface area contributed by atoms with Gasteiger partial charge in [0, 0.05) is 0 Å². The Labute approximate surface area is 153 Å². The highest BCUT2D eigenvalue weighted by Gasteiger charge is 2.35. The predicted octanol–water partition coefficient (Wildman–Crippen LogP) is 2.48. The molecule has 138 valence electrons. The Balaban J connectivity index is 1.82. The van der Waals surface area contributed by atoms with Gasteiger partial charge < -0.3 is 10.1 Å². The van der Waals surface area contributed by atoms with Crippen LogP contribution in [-0.4, -0.2) is 33.2 Å². The average Bonchev–Trinajstić information content (AvgIpc) is 2.65. The van der Waals surface area contributed by atoms with Crippen molar-refractivity contribution in [2.24, 2.45) is 0 Å². The molecule has 1 heterocycles. The van der Waals surface area contributed by atoms with Crippen LogP contribution in [0.5, 0.6) is 5.75 Å². The molecule has 1 N–H and O–H groups in total. The maximum atomic E-state index is 12.8. The first-order chi connectivity index (χ1) is 12.4. The molecule has 0 saturated heterocycles. The number of nitrogens with zero attached hydrogens (tertiary/aromatic N) is 1. The third-order valence-electron chi connectivity index (χ3n) is 4.35. The van der Waals surface area contributed by atoms with Crippen LogP contribution < -0.4 is 14.4 Å². The van der Waals surface area contributed by atoms with Gasteiger partial charge in [-0.1, -0.05) is 49.4 Å². The fraction of sp³-hybridized carbons (Fsp3) is 0.316. The number of sulfonamides is 1. The van der Waals surface area contributed by atoms with E-state index in [9.17, 15) is 13.2 Å². The molecule has 0 unspecified atom stereocenters. The Morgan fingerprint density at radius 3 is 2.50 bits per heavy atom. The number of para-hydroxylation sites is 2. The lowest BCUT2D eigenvalue weighted by Crippen LogP contribution is -2.51. The Hall–Kier alpha value is -2.54. The molecular formula is C19H22N2O4S. The van der Waals surface area contributed by atoms with Crippen LogP contribution in [0.15, 0.2) is 54.6 Å². The Bertz CT molecular complexity index is 883. The molecule has 26 heavy (non-hydrogen) atoms. The molecule has 1 amide bonds. The SMILES string of the molecule is CC[C@H](NC(=O)[C@@H]1CN(S(C)(=O)=O)c2ccccc2O1)c1ccccc1.